The fourth-order valence-electron chi connectivity index (χ4n) is 2.59. The summed E-state index contributed by atoms with van der Waals surface area (Å²) in [5.74, 6) is -0.300. The molecular formula is C14H19N3O4. The molecule has 1 amide bonds. The minimum Gasteiger partial charge on any atom is -0.396 e. The Morgan fingerprint density at radius 3 is 2.95 bits per heavy atom. The normalized spacial score (nSPS) is 18.4. The molecule has 2 N–H and O–H groups in total. The van der Waals surface area contributed by atoms with Gasteiger partial charge in [0.2, 0.25) is 0 Å². The van der Waals surface area contributed by atoms with Crippen molar-refractivity contribution >= 4 is 17.3 Å². The van der Waals surface area contributed by atoms with Crippen LogP contribution in [0.1, 0.15) is 23.2 Å². The lowest BCUT2D eigenvalue weighted by molar-refractivity contribution is -0.385. The summed E-state index contributed by atoms with van der Waals surface area (Å²) in [5.41, 5.74) is 0.551. The molecule has 1 saturated heterocycles. The molecule has 21 heavy (non-hydrogen) atoms. The molecular weight excluding hydrogens is 274 g/mol. The van der Waals surface area contributed by atoms with Crippen molar-refractivity contribution in [1.82, 2.24) is 4.90 Å². The molecule has 7 heteroatoms. The van der Waals surface area contributed by atoms with E-state index >= 15 is 0 Å². The first-order valence-electron chi connectivity index (χ1n) is 6.93. The van der Waals surface area contributed by atoms with Gasteiger partial charge in [-0.15, -0.1) is 0 Å². The van der Waals surface area contributed by atoms with Crippen molar-refractivity contribution in [3.05, 3.63) is 33.9 Å². The summed E-state index contributed by atoms with van der Waals surface area (Å²) < 4.78 is 0. The lowest BCUT2D eigenvalue weighted by atomic mass is 9.98. The molecule has 0 saturated carbocycles. The average molecular weight is 293 g/mol. The summed E-state index contributed by atoms with van der Waals surface area (Å²) in [7, 11) is 1.69. The molecule has 7 nitrogen and oxygen atoms in total. The number of carbonyl (C=O) groups is 1. The van der Waals surface area contributed by atoms with Crippen molar-refractivity contribution < 1.29 is 14.8 Å². The number of rotatable bonds is 4. The van der Waals surface area contributed by atoms with Crippen LogP contribution in [0.15, 0.2) is 18.2 Å². The third kappa shape index (κ3) is 3.30. The number of nitrogens with zero attached hydrogens (tertiary/aromatic N) is 2. The van der Waals surface area contributed by atoms with Crippen LogP contribution in [-0.2, 0) is 0 Å². The quantitative estimate of drug-likeness (QED) is 0.647. The third-order valence-electron chi connectivity index (χ3n) is 3.78. The zero-order chi connectivity index (χ0) is 15.4. The lowest BCUT2D eigenvalue weighted by Gasteiger charge is -2.31. The van der Waals surface area contributed by atoms with Crippen LogP contribution in [0.25, 0.3) is 0 Å². The van der Waals surface area contributed by atoms with Gasteiger partial charge in [-0.1, -0.05) is 0 Å². The largest absolute Gasteiger partial charge is 0.396 e. The number of anilines is 1. The van der Waals surface area contributed by atoms with E-state index in [1.807, 2.05) is 0 Å². The van der Waals surface area contributed by atoms with Crippen molar-refractivity contribution in [2.75, 3.05) is 32.1 Å². The lowest BCUT2D eigenvalue weighted by Crippen LogP contribution is -2.41. The Bertz CT molecular complexity index is 547. The number of hydrogen-bond donors (Lipinski definition) is 2. The minimum absolute atomic E-state index is 0.0302. The Balaban J connectivity index is 2.30. The number of likely N-dealkylation sites (tertiary alicyclic amines) is 1. The maximum Gasteiger partial charge on any atom is 0.282 e. The van der Waals surface area contributed by atoms with Crippen LogP contribution in [0, 0.1) is 16.0 Å². The highest BCUT2D eigenvalue weighted by Crippen LogP contribution is 2.26. The first kappa shape index (κ1) is 15.2. The number of aliphatic hydroxyl groups is 1. The molecule has 1 heterocycles. The van der Waals surface area contributed by atoms with Crippen LogP contribution in [0.3, 0.4) is 0 Å². The second kappa shape index (κ2) is 6.53. The van der Waals surface area contributed by atoms with Gasteiger partial charge >= 0.3 is 0 Å². The van der Waals surface area contributed by atoms with E-state index in [0.717, 1.165) is 12.8 Å². The van der Waals surface area contributed by atoms with Crippen molar-refractivity contribution in [2.45, 2.75) is 12.8 Å². The number of aliphatic hydroxyl groups excluding tert-OH is 1. The molecule has 0 bridgehead atoms. The van der Waals surface area contributed by atoms with Crippen LogP contribution in [0.5, 0.6) is 0 Å². The number of amides is 1. The highest BCUT2D eigenvalue weighted by atomic mass is 16.6. The molecule has 114 valence electrons. The first-order valence-corrected chi connectivity index (χ1v) is 6.93. The predicted octanol–water partition coefficient (Wildman–Crippen LogP) is 1.48. The standard InChI is InChI=1S/C14H19N3O4/c1-15-11-4-5-13(17(20)21)12(7-11)14(19)16-6-2-3-10(8-16)9-18/h4-5,7,10,15,18H,2-3,6,8-9H2,1H3. The van der Waals surface area contributed by atoms with E-state index in [-0.39, 0.29) is 29.7 Å². The smallest absolute Gasteiger partial charge is 0.282 e. The van der Waals surface area contributed by atoms with Gasteiger partial charge in [0.05, 0.1) is 4.92 Å². The molecule has 1 aliphatic rings. The van der Waals surface area contributed by atoms with Crippen LogP contribution in [0.2, 0.25) is 0 Å². The number of carbonyl (C=O) groups excluding carboxylic acids is 1. The summed E-state index contributed by atoms with van der Waals surface area (Å²) >= 11 is 0. The Kier molecular flexibility index (Phi) is 4.74. The number of nitro groups is 1. The van der Waals surface area contributed by atoms with Crippen LogP contribution in [-0.4, -0.2) is 47.6 Å². The number of nitro benzene ring substituents is 1. The molecule has 1 atom stereocenters. The second-order valence-corrected chi connectivity index (χ2v) is 5.18. The topological polar surface area (TPSA) is 95.7 Å². The third-order valence-corrected chi connectivity index (χ3v) is 3.78. The Morgan fingerprint density at radius 2 is 2.33 bits per heavy atom. The summed E-state index contributed by atoms with van der Waals surface area (Å²) in [4.78, 5) is 24.7. The average Bonchev–Trinajstić information content (AvgIpc) is 2.53. The van der Waals surface area contributed by atoms with E-state index < -0.39 is 4.92 Å². The first-order chi connectivity index (χ1) is 10.1. The Morgan fingerprint density at radius 1 is 1.57 bits per heavy atom. The number of benzene rings is 1. The zero-order valence-corrected chi connectivity index (χ0v) is 11.9. The summed E-state index contributed by atoms with van der Waals surface area (Å²) in [6, 6.07) is 4.41. The van der Waals surface area contributed by atoms with Gasteiger partial charge < -0.3 is 15.3 Å². The maximum atomic E-state index is 12.6. The van der Waals surface area contributed by atoms with Gasteiger partial charge in [0, 0.05) is 38.5 Å². The minimum atomic E-state index is -0.542. The van der Waals surface area contributed by atoms with Gasteiger partial charge in [-0.25, -0.2) is 0 Å². The number of nitrogens with one attached hydrogen (secondary N) is 1. The van der Waals surface area contributed by atoms with Crippen molar-refractivity contribution in [3.8, 4) is 0 Å². The molecule has 0 aliphatic carbocycles. The van der Waals surface area contributed by atoms with Gasteiger partial charge in [0.15, 0.2) is 0 Å². The number of piperidine rings is 1. The summed E-state index contributed by atoms with van der Waals surface area (Å²) in [6.07, 6.45) is 1.68. The molecule has 1 aromatic carbocycles. The van der Waals surface area contributed by atoms with E-state index in [4.69, 9.17) is 0 Å². The highest BCUT2D eigenvalue weighted by molar-refractivity contribution is 5.99. The van der Waals surface area contributed by atoms with Gasteiger partial charge in [0.1, 0.15) is 5.56 Å². The molecule has 1 aromatic rings. The van der Waals surface area contributed by atoms with Crippen LogP contribution >= 0.6 is 0 Å². The Hall–Kier alpha value is -2.15. The van der Waals surface area contributed by atoms with Gasteiger partial charge in [-0.3, -0.25) is 14.9 Å². The van der Waals surface area contributed by atoms with Crippen LogP contribution in [0.4, 0.5) is 11.4 Å². The molecule has 1 fully saturated rings. The molecule has 2 rings (SSSR count). The molecule has 1 aliphatic heterocycles. The fourth-order valence-corrected chi connectivity index (χ4v) is 2.59. The van der Waals surface area contributed by atoms with Crippen molar-refractivity contribution in [3.63, 3.8) is 0 Å². The maximum absolute atomic E-state index is 12.6. The molecule has 0 radical (unpaired) electrons. The van der Waals surface area contributed by atoms with Gasteiger partial charge in [-0.2, -0.15) is 0 Å². The van der Waals surface area contributed by atoms with Crippen LogP contribution < -0.4 is 5.32 Å². The van der Waals surface area contributed by atoms with Crippen molar-refractivity contribution in [1.29, 1.82) is 0 Å². The molecule has 0 aromatic heterocycles. The van der Waals surface area contributed by atoms with E-state index in [9.17, 15) is 20.0 Å². The Labute approximate surface area is 122 Å². The van der Waals surface area contributed by atoms with E-state index in [1.54, 1.807) is 18.0 Å². The zero-order valence-electron chi connectivity index (χ0n) is 11.9. The number of hydrogen-bond acceptors (Lipinski definition) is 5. The van der Waals surface area contributed by atoms with Crippen molar-refractivity contribution in [2.24, 2.45) is 5.92 Å². The SMILES string of the molecule is CNc1ccc([N+](=O)[O-])c(C(=O)N2CCCC(CO)C2)c1. The summed E-state index contributed by atoms with van der Waals surface area (Å²) in [6.45, 7) is 1.04. The van der Waals surface area contributed by atoms with E-state index in [1.165, 1.54) is 12.1 Å². The molecule has 1 unspecified atom stereocenters. The summed E-state index contributed by atoms with van der Waals surface area (Å²) in [5, 5.41) is 23.2. The molecule has 0 spiro atoms. The second-order valence-electron chi connectivity index (χ2n) is 5.18. The van der Waals surface area contributed by atoms with E-state index in [0.29, 0.717) is 18.8 Å². The van der Waals surface area contributed by atoms with Gasteiger partial charge in [0.25, 0.3) is 11.6 Å². The van der Waals surface area contributed by atoms with E-state index in [2.05, 4.69) is 5.32 Å². The fraction of sp³-hybridized carbons (Fsp3) is 0.500. The monoisotopic (exact) mass is 293 g/mol. The highest BCUT2D eigenvalue weighted by Gasteiger charge is 2.28. The predicted molar refractivity (Wildman–Crippen MR) is 78.4 cm³/mol. The van der Waals surface area contributed by atoms with Gasteiger partial charge in [-0.05, 0) is 30.9 Å².